The topological polar surface area (TPSA) is 90.9 Å². The molecule has 8 heteroatoms. The van der Waals surface area contributed by atoms with Crippen molar-refractivity contribution in [2.24, 2.45) is 0 Å². The minimum Gasteiger partial charge on any atom is -0.481 e. The fourth-order valence-electron chi connectivity index (χ4n) is 4.66. The lowest BCUT2D eigenvalue weighted by Gasteiger charge is -2.26. The van der Waals surface area contributed by atoms with E-state index in [4.69, 9.17) is 21.4 Å². The molecule has 1 saturated heterocycles. The molecule has 0 aromatic heterocycles. The van der Waals surface area contributed by atoms with Crippen LogP contribution in [0.15, 0.2) is 66.7 Å². The van der Waals surface area contributed by atoms with Crippen LogP contribution in [0.4, 0.5) is 11.4 Å². The van der Waals surface area contributed by atoms with Gasteiger partial charge in [-0.05, 0) is 53.4 Å². The maximum Gasteiger partial charge on any atom is 0.303 e. The zero-order valence-corrected chi connectivity index (χ0v) is 21.1. The van der Waals surface area contributed by atoms with E-state index in [1.54, 1.807) is 12.1 Å². The minimum absolute atomic E-state index is 0.0369. The standard InChI is InChI=1S/C29H28ClN3O4/c30-22-7-10-24-25(17-22)32-29(36)27(24)28(21-3-1-2-19(16-21)6-11-26(34)35)31-23-8-4-20(5-9-23)18-33-12-14-37-15-13-33/h1-5,7-10,16-17,31H,6,11-15,18H2,(H,32,36)(H,34,35)/b28-27-. The van der Waals surface area contributed by atoms with Crippen molar-refractivity contribution in [3.05, 3.63) is 94.0 Å². The Bertz CT molecular complexity index is 1350. The highest BCUT2D eigenvalue weighted by atomic mass is 35.5. The number of carbonyl (C=O) groups is 2. The molecule has 0 aliphatic carbocycles. The largest absolute Gasteiger partial charge is 0.481 e. The van der Waals surface area contributed by atoms with Gasteiger partial charge in [0.25, 0.3) is 5.91 Å². The molecule has 0 bridgehead atoms. The van der Waals surface area contributed by atoms with E-state index in [1.165, 1.54) is 5.56 Å². The van der Waals surface area contributed by atoms with Gasteiger partial charge in [0.15, 0.2) is 0 Å². The Morgan fingerprint density at radius 1 is 1.03 bits per heavy atom. The number of nitrogens with zero attached hydrogens (tertiary/aromatic N) is 1. The number of aryl methyl sites for hydroxylation is 1. The molecule has 0 radical (unpaired) electrons. The van der Waals surface area contributed by atoms with Crippen molar-refractivity contribution in [1.82, 2.24) is 4.90 Å². The van der Waals surface area contributed by atoms with Gasteiger partial charge < -0.3 is 20.5 Å². The van der Waals surface area contributed by atoms with Crippen molar-refractivity contribution >= 4 is 46.1 Å². The van der Waals surface area contributed by atoms with E-state index in [1.807, 2.05) is 42.5 Å². The van der Waals surface area contributed by atoms with Gasteiger partial charge in [0.05, 0.1) is 30.2 Å². The molecule has 3 aromatic rings. The Hall–Kier alpha value is -3.65. The second kappa shape index (κ2) is 11.2. The Morgan fingerprint density at radius 3 is 2.57 bits per heavy atom. The highest BCUT2D eigenvalue weighted by Gasteiger charge is 2.28. The highest BCUT2D eigenvalue weighted by Crippen LogP contribution is 2.39. The summed E-state index contributed by atoms with van der Waals surface area (Å²) >= 11 is 6.17. The molecule has 3 aromatic carbocycles. The van der Waals surface area contributed by atoms with Crippen molar-refractivity contribution in [1.29, 1.82) is 0 Å². The second-order valence-electron chi connectivity index (χ2n) is 9.20. The van der Waals surface area contributed by atoms with Crippen LogP contribution in [0.25, 0.3) is 11.3 Å². The van der Waals surface area contributed by atoms with Crippen molar-refractivity contribution in [3.8, 4) is 0 Å². The lowest BCUT2D eigenvalue weighted by Crippen LogP contribution is -2.35. The first kappa shape index (κ1) is 25.0. The first-order valence-electron chi connectivity index (χ1n) is 12.3. The van der Waals surface area contributed by atoms with Crippen molar-refractivity contribution in [2.45, 2.75) is 19.4 Å². The number of rotatable bonds is 8. The molecule has 0 spiro atoms. The Labute approximate surface area is 220 Å². The first-order valence-corrected chi connectivity index (χ1v) is 12.7. The van der Waals surface area contributed by atoms with Crippen molar-refractivity contribution in [2.75, 3.05) is 36.9 Å². The molecule has 2 aliphatic heterocycles. The van der Waals surface area contributed by atoms with Crippen LogP contribution in [-0.2, 0) is 27.3 Å². The first-order chi connectivity index (χ1) is 18.0. The number of anilines is 2. The molecule has 2 aliphatic rings. The molecule has 0 unspecified atom stereocenters. The SMILES string of the molecule is O=C(O)CCc1cccc(/C(Nc2ccc(CN3CCOCC3)cc2)=C2/C(=O)Nc3cc(Cl)ccc32)c1. The Balaban J connectivity index is 1.49. The number of carboxylic acids is 1. The summed E-state index contributed by atoms with van der Waals surface area (Å²) in [5.74, 6) is -1.07. The molecule has 37 heavy (non-hydrogen) atoms. The van der Waals surface area contributed by atoms with Crippen LogP contribution < -0.4 is 10.6 Å². The summed E-state index contributed by atoms with van der Waals surface area (Å²) in [6.07, 6.45) is 0.440. The number of amides is 1. The van der Waals surface area contributed by atoms with Crippen LogP contribution in [0.5, 0.6) is 0 Å². The average molecular weight is 518 g/mol. The van der Waals surface area contributed by atoms with Gasteiger partial charge >= 0.3 is 5.97 Å². The Kier molecular flexibility index (Phi) is 7.55. The number of hydrogen-bond acceptors (Lipinski definition) is 5. The summed E-state index contributed by atoms with van der Waals surface area (Å²) in [7, 11) is 0. The van der Waals surface area contributed by atoms with E-state index in [0.717, 1.165) is 55.2 Å². The zero-order chi connectivity index (χ0) is 25.8. The molecule has 0 saturated carbocycles. The number of nitrogens with one attached hydrogen (secondary N) is 2. The van der Waals surface area contributed by atoms with Gasteiger partial charge in [0, 0.05) is 42.3 Å². The number of halogens is 1. The number of ether oxygens (including phenoxy) is 1. The van der Waals surface area contributed by atoms with Crippen LogP contribution >= 0.6 is 11.6 Å². The predicted octanol–water partition coefficient (Wildman–Crippen LogP) is 5.12. The maximum atomic E-state index is 13.2. The summed E-state index contributed by atoms with van der Waals surface area (Å²) in [4.78, 5) is 26.7. The molecule has 3 N–H and O–H groups in total. The van der Waals surface area contributed by atoms with Crippen LogP contribution in [0.3, 0.4) is 0 Å². The number of carbonyl (C=O) groups excluding carboxylic acids is 1. The molecular weight excluding hydrogens is 490 g/mol. The summed E-state index contributed by atoms with van der Waals surface area (Å²) in [6.45, 7) is 4.23. The number of benzene rings is 3. The van der Waals surface area contributed by atoms with Gasteiger partial charge in [0.2, 0.25) is 0 Å². The molecule has 2 heterocycles. The lowest BCUT2D eigenvalue weighted by molar-refractivity contribution is -0.137. The summed E-state index contributed by atoms with van der Waals surface area (Å²) in [5.41, 5.74) is 6.32. The average Bonchev–Trinajstić information content (AvgIpc) is 3.22. The highest BCUT2D eigenvalue weighted by molar-refractivity contribution is 6.38. The van der Waals surface area contributed by atoms with Gasteiger partial charge in [0.1, 0.15) is 0 Å². The quantitative estimate of drug-likeness (QED) is 0.359. The lowest BCUT2D eigenvalue weighted by atomic mass is 9.97. The third kappa shape index (κ3) is 6.02. The van der Waals surface area contributed by atoms with Crippen molar-refractivity contribution < 1.29 is 19.4 Å². The van der Waals surface area contributed by atoms with Gasteiger partial charge in [-0.2, -0.15) is 0 Å². The molecule has 0 atom stereocenters. The van der Waals surface area contributed by atoms with E-state index in [-0.39, 0.29) is 12.3 Å². The number of carboxylic acid groups (broad SMARTS) is 1. The molecule has 5 rings (SSSR count). The van der Waals surface area contributed by atoms with Crippen LogP contribution in [0.2, 0.25) is 5.02 Å². The molecule has 1 fully saturated rings. The molecule has 7 nitrogen and oxygen atoms in total. The smallest absolute Gasteiger partial charge is 0.303 e. The Morgan fingerprint density at radius 2 is 1.81 bits per heavy atom. The van der Waals surface area contributed by atoms with E-state index < -0.39 is 5.97 Å². The number of hydrogen-bond donors (Lipinski definition) is 3. The fraction of sp³-hybridized carbons (Fsp3) is 0.241. The van der Waals surface area contributed by atoms with E-state index in [2.05, 4.69) is 27.7 Å². The monoisotopic (exact) mass is 517 g/mol. The van der Waals surface area contributed by atoms with E-state index >= 15 is 0 Å². The third-order valence-electron chi connectivity index (χ3n) is 6.55. The van der Waals surface area contributed by atoms with Gasteiger partial charge in [-0.1, -0.05) is 48.0 Å². The number of morpholine rings is 1. The van der Waals surface area contributed by atoms with Crippen LogP contribution in [0.1, 0.15) is 28.7 Å². The van der Waals surface area contributed by atoms with Crippen molar-refractivity contribution in [3.63, 3.8) is 0 Å². The number of aliphatic carboxylic acids is 1. The minimum atomic E-state index is -0.847. The summed E-state index contributed by atoms with van der Waals surface area (Å²) < 4.78 is 5.44. The summed E-state index contributed by atoms with van der Waals surface area (Å²) in [6, 6.07) is 21.2. The van der Waals surface area contributed by atoms with Gasteiger partial charge in [-0.3, -0.25) is 14.5 Å². The van der Waals surface area contributed by atoms with Gasteiger partial charge in [-0.15, -0.1) is 0 Å². The molecule has 190 valence electrons. The third-order valence-corrected chi connectivity index (χ3v) is 6.79. The number of fused-ring (bicyclic) bond motifs is 1. The van der Waals surface area contributed by atoms with E-state index in [9.17, 15) is 9.59 Å². The predicted molar refractivity (Wildman–Crippen MR) is 145 cm³/mol. The zero-order valence-electron chi connectivity index (χ0n) is 20.3. The van der Waals surface area contributed by atoms with Crippen LogP contribution in [-0.4, -0.2) is 48.2 Å². The van der Waals surface area contributed by atoms with E-state index in [0.29, 0.717) is 28.4 Å². The van der Waals surface area contributed by atoms with Gasteiger partial charge in [-0.25, -0.2) is 0 Å². The molecule has 1 amide bonds. The van der Waals surface area contributed by atoms with Crippen LogP contribution in [0, 0.1) is 0 Å². The summed E-state index contributed by atoms with van der Waals surface area (Å²) in [5, 5.41) is 16.1. The fourth-order valence-corrected chi connectivity index (χ4v) is 4.83. The molecular formula is C29H28ClN3O4. The maximum absolute atomic E-state index is 13.2. The second-order valence-corrected chi connectivity index (χ2v) is 9.64. The normalized spacial score (nSPS) is 16.7.